The van der Waals surface area contributed by atoms with E-state index in [1.54, 1.807) is 0 Å². The molecule has 0 N–H and O–H groups in total. The molecule has 0 aliphatic heterocycles. The smallest absolute Gasteiger partial charge is 0.170 e. The second-order valence-electron chi connectivity index (χ2n) is 4.02. The maximum Gasteiger partial charge on any atom is 0.170 e. The third kappa shape index (κ3) is 3.32. The molecule has 2 nitrogen and oxygen atoms in total. The predicted octanol–water partition coefficient (Wildman–Crippen LogP) is 3.74. The number of hydrogen-bond donors (Lipinski definition) is 0. The van der Waals surface area contributed by atoms with Crippen LogP contribution in [0.1, 0.15) is 14.4 Å². The van der Waals surface area contributed by atoms with Gasteiger partial charge in [0.1, 0.15) is 3.26 Å². The normalized spacial score (nSPS) is 13.2. The Morgan fingerprint density at radius 3 is 1.94 bits per heavy atom. The molecule has 0 saturated heterocycles. The molecule has 0 bridgehead atoms. The van der Waals surface area contributed by atoms with Gasteiger partial charge in [0, 0.05) is 0 Å². The van der Waals surface area contributed by atoms with Crippen molar-refractivity contribution in [1.82, 2.24) is 0 Å². The zero-order chi connectivity index (χ0) is 13.0. The minimum atomic E-state index is -3.18. The van der Waals surface area contributed by atoms with Gasteiger partial charge in [-0.05, 0) is 11.1 Å². The van der Waals surface area contributed by atoms with Crippen LogP contribution in [0.5, 0.6) is 0 Å². The van der Waals surface area contributed by atoms with Crippen LogP contribution >= 0.6 is 22.6 Å². The lowest BCUT2D eigenvalue weighted by molar-refractivity contribution is 0.595. The first-order chi connectivity index (χ1) is 8.59. The number of alkyl halides is 1. The highest BCUT2D eigenvalue weighted by molar-refractivity contribution is 14.1. The monoisotopic (exact) mass is 372 g/mol. The Kier molecular flexibility index (Phi) is 4.40. The molecule has 0 spiro atoms. The van der Waals surface area contributed by atoms with Crippen molar-refractivity contribution in [2.45, 2.75) is 9.01 Å². The van der Waals surface area contributed by atoms with Crippen molar-refractivity contribution < 1.29 is 8.42 Å². The van der Waals surface area contributed by atoms with Gasteiger partial charge in [0.05, 0.1) is 5.75 Å². The summed E-state index contributed by atoms with van der Waals surface area (Å²) in [4.78, 5) is 0. The van der Waals surface area contributed by atoms with E-state index in [9.17, 15) is 8.42 Å². The molecule has 0 aliphatic rings. The average molecular weight is 372 g/mol. The molecular formula is C14H13IO2S. The summed E-state index contributed by atoms with van der Waals surface area (Å²) < 4.78 is 24.1. The van der Waals surface area contributed by atoms with Crippen molar-refractivity contribution in [3.05, 3.63) is 71.8 Å². The molecule has 0 amide bonds. The van der Waals surface area contributed by atoms with Crippen LogP contribution in [0.25, 0.3) is 0 Å². The Labute approximate surface area is 121 Å². The van der Waals surface area contributed by atoms with Crippen molar-refractivity contribution in [3.63, 3.8) is 0 Å². The van der Waals surface area contributed by atoms with E-state index in [1.807, 2.05) is 83.3 Å². The molecule has 2 aromatic carbocycles. The van der Waals surface area contributed by atoms with Crippen LogP contribution in [0, 0.1) is 0 Å². The lowest BCUT2D eigenvalue weighted by Gasteiger charge is -2.11. The average Bonchev–Trinajstić information content (AvgIpc) is 2.39. The van der Waals surface area contributed by atoms with Crippen LogP contribution in [0.2, 0.25) is 0 Å². The van der Waals surface area contributed by atoms with E-state index in [0.29, 0.717) is 0 Å². The maximum absolute atomic E-state index is 12.3. The highest BCUT2D eigenvalue weighted by Gasteiger charge is 2.24. The third-order valence-electron chi connectivity index (χ3n) is 2.59. The largest absolute Gasteiger partial charge is 0.227 e. The molecule has 0 heterocycles. The van der Waals surface area contributed by atoms with E-state index in [4.69, 9.17) is 0 Å². The fourth-order valence-corrected chi connectivity index (χ4v) is 4.02. The lowest BCUT2D eigenvalue weighted by Crippen LogP contribution is -2.10. The van der Waals surface area contributed by atoms with Gasteiger partial charge in [0.25, 0.3) is 0 Å². The first-order valence-corrected chi connectivity index (χ1v) is 8.50. The van der Waals surface area contributed by atoms with E-state index in [1.165, 1.54) is 0 Å². The van der Waals surface area contributed by atoms with Crippen LogP contribution in [0.15, 0.2) is 60.7 Å². The number of rotatable bonds is 4. The van der Waals surface area contributed by atoms with E-state index < -0.39 is 13.1 Å². The molecule has 18 heavy (non-hydrogen) atoms. The fraction of sp³-hybridized carbons (Fsp3) is 0.143. The van der Waals surface area contributed by atoms with Crippen molar-refractivity contribution in [2.75, 3.05) is 0 Å². The minimum absolute atomic E-state index is 0.0797. The Hall–Kier alpha value is -0.880. The first-order valence-electron chi connectivity index (χ1n) is 5.54. The van der Waals surface area contributed by atoms with Gasteiger partial charge in [-0.25, -0.2) is 8.42 Å². The summed E-state index contributed by atoms with van der Waals surface area (Å²) in [5, 5.41) is 0. The zero-order valence-electron chi connectivity index (χ0n) is 9.66. The van der Waals surface area contributed by atoms with Gasteiger partial charge in [-0.2, -0.15) is 0 Å². The van der Waals surface area contributed by atoms with E-state index in [2.05, 4.69) is 0 Å². The topological polar surface area (TPSA) is 34.1 Å². The van der Waals surface area contributed by atoms with Crippen molar-refractivity contribution in [1.29, 1.82) is 0 Å². The fourth-order valence-electron chi connectivity index (χ4n) is 1.69. The van der Waals surface area contributed by atoms with Gasteiger partial charge in [-0.15, -0.1) is 0 Å². The first kappa shape index (κ1) is 13.5. The van der Waals surface area contributed by atoms with Gasteiger partial charge in [0.15, 0.2) is 9.84 Å². The molecular weight excluding hydrogens is 359 g/mol. The number of sulfone groups is 1. The maximum atomic E-state index is 12.3. The summed E-state index contributed by atoms with van der Waals surface area (Å²) in [6, 6.07) is 18.6. The van der Waals surface area contributed by atoms with E-state index in [0.717, 1.165) is 11.1 Å². The molecule has 0 aromatic heterocycles. The summed E-state index contributed by atoms with van der Waals surface area (Å²) in [5.74, 6) is 0.0797. The Bertz CT molecular complexity index is 594. The molecule has 2 aromatic rings. The molecule has 0 unspecified atom stereocenters. The summed E-state index contributed by atoms with van der Waals surface area (Å²) in [6.07, 6.45) is 0. The summed E-state index contributed by atoms with van der Waals surface area (Å²) in [5.41, 5.74) is 1.66. The van der Waals surface area contributed by atoms with Crippen molar-refractivity contribution in [3.8, 4) is 0 Å². The Balaban J connectivity index is 2.22. The third-order valence-corrected chi connectivity index (χ3v) is 7.27. The van der Waals surface area contributed by atoms with Gasteiger partial charge in [-0.3, -0.25) is 0 Å². The molecule has 0 saturated carbocycles. The molecule has 4 heteroatoms. The molecule has 2 rings (SSSR count). The molecule has 0 aliphatic carbocycles. The number of halogens is 1. The SMILES string of the molecule is O=S(=O)(Cc1ccccc1)[C@H](I)c1ccccc1. The molecule has 1 atom stereocenters. The lowest BCUT2D eigenvalue weighted by atomic mass is 10.2. The highest BCUT2D eigenvalue weighted by atomic mass is 127. The van der Waals surface area contributed by atoms with Crippen LogP contribution in [0.4, 0.5) is 0 Å². The molecule has 0 radical (unpaired) electrons. The van der Waals surface area contributed by atoms with Crippen LogP contribution < -0.4 is 0 Å². The van der Waals surface area contributed by atoms with Gasteiger partial charge < -0.3 is 0 Å². The van der Waals surface area contributed by atoms with Gasteiger partial charge in [0.2, 0.25) is 0 Å². The zero-order valence-corrected chi connectivity index (χ0v) is 12.6. The van der Waals surface area contributed by atoms with Gasteiger partial charge in [-0.1, -0.05) is 83.3 Å². The highest BCUT2D eigenvalue weighted by Crippen LogP contribution is 2.31. The van der Waals surface area contributed by atoms with E-state index in [-0.39, 0.29) is 5.75 Å². The predicted molar refractivity (Wildman–Crippen MR) is 82.3 cm³/mol. The molecule has 94 valence electrons. The Morgan fingerprint density at radius 1 is 0.889 bits per heavy atom. The summed E-state index contributed by atoms with van der Waals surface area (Å²) in [6.45, 7) is 0. The summed E-state index contributed by atoms with van der Waals surface area (Å²) >= 11 is 1.99. The van der Waals surface area contributed by atoms with Crippen LogP contribution in [-0.2, 0) is 15.6 Å². The molecule has 0 fully saturated rings. The van der Waals surface area contributed by atoms with E-state index >= 15 is 0 Å². The van der Waals surface area contributed by atoms with Crippen LogP contribution in [0.3, 0.4) is 0 Å². The van der Waals surface area contributed by atoms with Gasteiger partial charge >= 0.3 is 0 Å². The standard InChI is InChI=1S/C14H13IO2S/c15-14(13-9-5-2-6-10-13)18(16,17)11-12-7-3-1-4-8-12/h1-10,14H,11H2/t14-/m0/s1. The van der Waals surface area contributed by atoms with Crippen molar-refractivity contribution in [2.24, 2.45) is 0 Å². The quantitative estimate of drug-likeness (QED) is 0.605. The minimum Gasteiger partial charge on any atom is -0.227 e. The van der Waals surface area contributed by atoms with Crippen molar-refractivity contribution >= 4 is 32.4 Å². The number of hydrogen-bond acceptors (Lipinski definition) is 2. The Morgan fingerprint density at radius 2 is 1.39 bits per heavy atom. The summed E-state index contributed by atoms with van der Waals surface area (Å²) in [7, 11) is -3.18. The number of benzene rings is 2. The second-order valence-corrected chi connectivity index (χ2v) is 8.20. The second kappa shape index (κ2) is 5.84. The van der Waals surface area contributed by atoms with Crippen LogP contribution in [-0.4, -0.2) is 8.42 Å².